The fraction of sp³-hybridized carbons (Fsp3) is 0.200. The number of hydrogen-bond acceptors (Lipinski definition) is 3. The Labute approximate surface area is 126 Å². The van der Waals surface area contributed by atoms with Crippen LogP contribution in [0.3, 0.4) is 0 Å². The van der Waals surface area contributed by atoms with E-state index in [1.165, 1.54) is 4.90 Å². The summed E-state index contributed by atoms with van der Waals surface area (Å²) in [5, 5.41) is 3.33. The van der Waals surface area contributed by atoms with Crippen LogP contribution in [0.5, 0.6) is 5.75 Å². The quantitative estimate of drug-likeness (QED) is 0.611. The molecule has 19 heavy (non-hydrogen) atoms. The predicted octanol–water partition coefficient (Wildman–Crippen LogP) is 4.66. The van der Waals surface area contributed by atoms with Gasteiger partial charge in [0, 0.05) is 21.6 Å². The molecule has 0 aliphatic rings. The summed E-state index contributed by atoms with van der Waals surface area (Å²) in [6.07, 6.45) is 2.07. The highest BCUT2D eigenvalue weighted by molar-refractivity contribution is 9.10. The van der Waals surface area contributed by atoms with Crippen LogP contribution in [0.2, 0.25) is 0 Å². The molecule has 0 saturated carbocycles. The highest BCUT2D eigenvalue weighted by Crippen LogP contribution is 2.21. The van der Waals surface area contributed by atoms with Crippen LogP contribution in [0.25, 0.3) is 0 Å². The van der Waals surface area contributed by atoms with Crippen LogP contribution in [-0.2, 0) is 0 Å². The van der Waals surface area contributed by atoms with Gasteiger partial charge in [-0.25, -0.2) is 0 Å². The number of para-hydroxylation sites is 1. The average molecular weight is 338 g/mol. The number of benzene rings is 2. The smallest absolute Gasteiger partial charge is 0.119 e. The van der Waals surface area contributed by atoms with Crippen LogP contribution >= 0.6 is 27.7 Å². The molecule has 100 valence electrons. The van der Waals surface area contributed by atoms with Gasteiger partial charge in [0.25, 0.3) is 0 Å². The molecule has 2 nitrogen and oxygen atoms in total. The molecule has 0 amide bonds. The molecule has 0 bridgehead atoms. The molecule has 2 rings (SSSR count). The number of rotatable bonds is 6. The zero-order chi connectivity index (χ0) is 13.5. The first-order valence-electron chi connectivity index (χ1n) is 6.05. The number of hydrogen-bond donors (Lipinski definition) is 1. The average Bonchev–Trinajstić information content (AvgIpc) is 2.46. The van der Waals surface area contributed by atoms with Gasteiger partial charge in [-0.2, -0.15) is 0 Å². The maximum Gasteiger partial charge on any atom is 0.119 e. The van der Waals surface area contributed by atoms with Gasteiger partial charge >= 0.3 is 0 Å². The van der Waals surface area contributed by atoms with Gasteiger partial charge in [0.15, 0.2) is 0 Å². The minimum atomic E-state index is 0.639. The van der Waals surface area contributed by atoms with Crippen molar-refractivity contribution >= 4 is 33.4 Å². The maximum absolute atomic E-state index is 5.68. The molecule has 0 spiro atoms. The second-order valence-corrected chi connectivity index (χ2v) is 5.66. The van der Waals surface area contributed by atoms with Crippen LogP contribution in [0.4, 0.5) is 5.69 Å². The van der Waals surface area contributed by atoms with Crippen LogP contribution < -0.4 is 10.1 Å². The van der Waals surface area contributed by atoms with Crippen molar-refractivity contribution in [3.8, 4) is 5.75 Å². The summed E-state index contributed by atoms with van der Waals surface area (Å²) in [6.45, 7) is 1.41. The van der Waals surface area contributed by atoms with E-state index in [-0.39, 0.29) is 0 Å². The SMILES string of the molecule is CSc1ccc(OCCNc2ccccc2Br)cc1. The third-order valence-electron chi connectivity index (χ3n) is 2.62. The van der Waals surface area contributed by atoms with Gasteiger partial charge in [0.2, 0.25) is 0 Å². The van der Waals surface area contributed by atoms with Gasteiger partial charge < -0.3 is 10.1 Å². The van der Waals surface area contributed by atoms with Gasteiger partial charge in [0.1, 0.15) is 12.4 Å². The third-order valence-corrected chi connectivity index (χ3v) is 4.05. The molecule has 2 aromatic carbocycles. The zero-order valence-electron chi connectivity index (χ0n) is 10.7. The summed E-state index contributed by atoms with van der Waals surface area (Å²) in [4.78, 5) is 1.25. The van der Waals surface area contributed by atoms with E-state index in [0.29, 0.717) is 6.61 Å². The second-order valence-electron chi connectivity index (χ2n) is 3.93. The number of halogens is 1. The second kappa shape index (κ2) is 7.46. The Bertz CT molecular complexity index is 516. The molecule has 0 unspecified atom stereocenters. The lowest BCUT2D eigenvalue weighted by atomic mass is 10.3. The molecular formula is C15H16BrNOS. The van der Waals surface area contributed by atoms with E-state index in [1.54, 1.807) is 11.8 Å². The molecule has 1 N–H and O–H groups in total. The van der Waals surface area contributed by atoms with Gasteiger partial charge in [-0.15, -0.1) is 11.8 Å². The van der Waals surface area contributed by atoms with Crippen LogP contribution in [0.15, 0.2) is 57.9 Å². The minimum absolute atomic E-state index is 0.639. The highest BCUT2D eigenvalue weighted by atomic mass is 79.9. The summed E-state index contributed by atoms with van der Waals surface area (Å²) in [5.74, 6) is 0.909. The van der Waals surface area contributed by atoms with Crippen molar-refractivity contribution in [2.75, 3.05) is 24.7 Å². The van der Waals surface area contributed by atoms with E-state index in [0.717, 1.165) is 22.5 Å². The number of anilines is 1. The van der Waals surface area contributed by atoms with Crippen molar-refractivity contribution in [3.05, 3.63) is 53.0 Å². The lowest BCUT2D eigenvalue weighted by Crippen LogP contribution is -2.11. The Morgan fingerprint density at radius 2 is 1.84 bits per heavy atom. The Kier molecular flexibility index (Phi) is 5.61. The molecule has 0 atom stereocenters. The van der Waals surface area contributed by atoms with Crippen LogP contribution in [0.1, 0.15) is 0 Å². The molecule has 0 saturated heterocycles. The summed E-state index contributed by atoms with van der Waals surface area (Å²) < 4.78 is 6.75. The standard InChI is InChI=1S/C15H16BrNOS/c1-19-13-8-6-12(7-9-13)18-11-10-17-15-5-3-2-4-14(15)16/h2-9,17H,10-11H2,1H3. The number of ether oxygens (including phenoxy) is 1. The summed E-state index contributed by atoms with van der Waals surface area (Å²) >= 11 is 5.24. The molecular weight excluding hydrogens is 322 g/mol. The first kappa shape index (κ1) is 14.3. The summed E-state index contributed by atoms with van der Waals surface area (Å²) in [6, 6.07) is 16.2. The lowest BCUT2D eigenvalue weighted by Gasteiger charge is -2.10. The Morgan fingerprint density at radius 1 is 1.11 bits per heavy atom. The van der Waals surface area contributed by atoms with E-state index < -0.39 is 0 Å². The van der Waals surface area contributed by atoms with Crippen molar-refractivity contribution in [2.24, 2.45) is 0 Å². The fourth-order valence-corrected chi connectivity index (χ4v) is 2.46. The van der Waals surface area contributed by atoms with Crippen LogP contribution in [0, 0.1) is 0 Å². The van der Waals surface area contributed by atoms with Crippen molar-refractivity contribution in [1.82, 2.24) is 0 Å². The normalized spacial score (nSPS) is 10.2. The van der Waals surface area contributed by atoms with Crippen molar-refractivity contribution in [2.45, 2.75) is 4.90 Å². The van der Waals surface area contributed by atoms with Gasteiger partial charge in [-0.05, 0) is 58.6 Å². The lowest BCUT2D eigenvalue weighted by molar-refractivity contribution is 0.332. The highest BCUT2D eigenvalue weighted by Gasteiger charge is 1.98. The maximum atomic E-state index is 5.68. The van der Waals surface area contributed by atoms with Gasteiger partial charge in [0.05, 0.1) is 0 Å². The van der Waals surface area contributed by atoms with Crippen molar-refractivity contribution in [1.29, 1.82) is 0 Å². The monoisotopic (exact) mass is 337 g/mol. The summed E-state index contributed by atoms with van der Waals surface area (Å²) in [5.41, 5.74) is 1.09. The molecule has 0 fully saturated rings. The van der Waals surface area contributed by atoms with E-state index in [9.17, 15) is 0 Å². The van der Waals surface area contributed by atoms with E-state index in [4.69, 9.17) is 4.74 Å². The van der Waals surface area contributed by atoms with E-state index in [1.807, 2.05) is 36.4 Å². The number of thioether (sulfide) groups is 1. The molecule has 0 heterocycles. The Morgan fingerprint density at radius 3 is 2.53 bits per heavy atom. The first-order valence-corrected chi connectivity index (χ1v) is 8.06. The zero-order valence-corrected chi connectivity index (χ0v) is 13.1. The van der Waals surface area contributed by atoms with Crippen molar-refractivity contribution in [3.63, 3.8) is 0 Å². The third kappa shape index (κ3) is 4.48. The molecule has 0 aliphatic heterocycles. The van der Waals surface area contributed by atoms with Gasteiger partial charge in [-0.1, -0.05) is 12.1 Å². The van der Waals surface area contributed by atoms with E-state index in [2.05, 4.69) is 39.6 Å². The molecule has 0 radical (unpaired) electrons. The minimum Gasteiger partial charge on any atom is -0.492 e. The molecule has 2 aromatic rings. The first-order chi connectivity index (χ1) is 9.29. The number of nitrogens with one attached hydrogen (secondary N) is 1. The molecule has 4 heteroatoms. The topological polar surface area (TPSA) is 21.3 Å². The van der Waals surface area contributed by atoms with Crippen LogP contribution in [-0.4, -0.2) is 19.4 Å². The largest absolute Gasteiger partial charge is 0.492 e. The Hall–Kier alpha value is -1.13. The summed E-state index contributed by atoms with van der Waals surface area (Å²) in [7, 11) is 0. The molecule has 0 aliphatic carbocycles. The van der Waals surface area contributed by atoms with Gasteiger partial charge in [-0.3, -0.25) is 0 Å². The predicted molar refractivity (Wildman–Crippen MR) is 86.3 cm³/mol. The Balaban J connectivity index is 1.76. The van der Waals surface area contributed by atoms with E-state index >= 15 is 0 Å². The van der Waals surface area contributed by atoms with Crippen molar-refractivity contribution < 1.29 is 4.74 Å². The molecule has 0 aromatic heterocycles. The fourth-order valence-electron chi connectivity index (χ4n) is 1.63.